The molecule has 0 aliphatic carbocycles. The summed E-state index contributed by atoms with van der Waals surface area (Å²) in [6, 6.07) is 39.8. The summed E-state index contributed by atoms with van der Waals surface area (Å²) in [7, 11) is -6.00. The summed E-state index contributed by atoms with van der Waals surface area (Å²) >= 11 is 0. The van der Waals surface area contributed by atoms with Gasteiger partial charge in [-0.1, -0.05) is 78.9 Å². The standard InChI is InChI=1S/C27H19O.BF4/c1-3-9-20(10-4-1)25-18-26(22-12-5-2-6-13-22)28-27(19-25)24-16-15-21-11-7-8-14-23(21)17-24;2-1(3,4)5/h1-19H;/q+1;-1. The van der Waals surface area contributed by atoms with Gasteiger partial charge in [-0.2, -0.15) is 0 Å². The maximum Gasteiger partial charge on any atom is 0.673 e. The fourth-order valence-corrected chi connectivity index (χ4v) is 3.53. The zero-order valence-electron chi connectivity index (χ0n) is 17.5. The Balaban J connectivity index is 0.000000471. The highest BCUT2D eigenvalue weighted by Crippen LogP contribution is 2.33. The van der Waals surface area contributed by atoms with Crippen molar-refractivity contribution in [2.75, 3.05) is 0 Å². The fraction of sp³-hybridized carbons (Fsp3) is 0. The summed E-state index contributed by atoms with van der Waals surface area (Å²) in [5, 5.41) is 2.44. The first-order valence-corrected chi connectivity index (χ1v) is 10.3. The molecule has 164 valence electrons. The highest BCUT2D eigenvalue weighted by Gasteiger charge is 2.21. The van der Waals surface area contributed by atoms with E-state index in [0.717, 1.165) is 28.2 Å². The second kappa shape index (κ2) is 9.69. The Morgan fingerprint density at radius 2 is 0.909 bits per heavy atom. The molecule has 0 unspecified atom stereocenters. The van der Waals surface area contributed by atoms with Crippen LogP contribution in [0.1, 0.15) is 0 Å². The largest absolute Gasteiger partial charge is 0.673 e. The normalized spacial score (nSPS) is 11.0. The summed E-state index contributed by atoms with van der Waals surface area (Å²) in [5.74, 6) is 1.73. The molecule has 0 bridgehead atoms. The van der Waals surface area contributed by atoms with Gasteiger partial charge in [-0.25, -0.2) is 4.42 Å². The number of benzene rings is 4. The second-order valence-electron chi connectivity index (χ2n) is 7.36. The lowest BCUT2D eigenvalue weighted by atomic mass is 10.0. The fourth-order valence-electron chi connectivity index (χ4n) is 3.53. The minimum absolute atomic E-state index is 0.866. The van der Waals surface area contributed by atoms with Crippen molar-refractivity contribution in [2.24, 2.45) is 0 Å². The van der Waals surface area contributed by atoms with Gasteiger partial charge in [-0.3, -0.25) is 0 Å². The molecule has 4 aromatic carbocycles. The molecule has 0 aliphatic rings. The third kappa shape index (κ3) is 6.07. The summed E-state index contributed by atoms with van der Waals surface area (Å²) in [5.41, 5.74) is 4.47. The minimum atomic E-state index is -6.00. The van der Waals surface area contributed by atoms with Crippen molar-refractivity contribution in [1.82, 2.24) is 0 Å². The van der Waals surface area contributed by atoms with Crippen molar-refractivity contribution in [3.63, 3.8) is 0 Å². The molecule has 1 heterocycles. The molecule has 0 saturated carbocycles. The molecule has 5 rings (SSSR count). The quantitative estimate of drug-likeness (QED) is 0.153. The molecule has 0 radical (unpaired) electrons. The van der Waals surface area contributed by atoms with E-state index in [1.54, 1.807) is 0 Å². The lowest BCUT2D eigenvalue weighted by molar-refractivity contribution is 0.368. The zero-order valence-corrected chi connectivity index (χ0v) is 17.5. The van der Waals surface area contributed by atoms with Crippen molar-refractivity contribution in [2.45, 2.75) is 0 Å². The SMILES string of the molecule is F[B-](F)(F)F.c1ccc(-c2cc(-c3ccccc3)[o+]c(-c3ccc4ccccc4c3)c2)cc1. The predicted octanol–water partition coefficient (Wildman–Crippen LogP) is 9.01. The Morgan fingerprint density at radius 1 is 0.424 bits per heavy atom. The van der Waals surface area contributed by atoms with Gasteiger partial charge in [0.15, 0.2) is 0 Å². The van der Waals surface area contributed by atoms with Gasteiger partial charge in [0.2, 0.25) is 0 Å². The van der Waals surface area contributed by atoms with E-state index in [-0.39, 0.29) is 0 Å². The number of hydrogen-bond acceptors (Lipinski definition) is 0. The third-order valence-corrected chi connectivity index (χ3v) is 4.99. The zero-order chi connectivity index (χ0) is 23.3. The van der Waals surface area contributed by atoms with Crippen LogP contribution in [0.3, 0.4) is 0 Å². The molecule has 5 aromatic rings. The monoisotopic (exact) mass is 446 g/mol. The van der Waals surface area contributed by atoms with Crippen LogP contribution in [0.5, 0.6) is 0 Å². The molecule has 1 nitrogen and oxygen atoms in total. The Morgan fingerprint density at radius 3 is 1.52 bits per heavy atom. The molecule has 0 amide bonds. The van der Waals surface area contributed by atoms with Gasteiger partial charge in [0.25, 0.3) is 0 Å². The van der Waals surface area contributed by atoms with Gasteiger partial charge in [0, 0.05) is 5.56 Å². The van der Waals surface area contributed by atoms with Crippen LogP contribution >= 0.6 is 0 Å². The van der Waals surface area contributed by atoms with E-state index in [1.165, 1.54) is 16.3 Å². The van der Waals surface area contributed by atoms with E-state index in [9.17, 15) is 17.3 Å². The average molecular weight is 446 g/mol. The van der Waals surface area contributed by atoms with Gasteiger partial charge in [0.1, 0.15) is 0 Å². The number of rotatable bonds is 3. The first-order chi connectivity index (χ1) is 15.9. The summed E-state index contributed by atoms with van der Waals surface area (Å²) in [6.45, 7) is 0. The van der Waals surface area contributed by atoms with Crippen LogP contribution in [0.2, 0.25) is 0 Å². The minimum Gasteiger partial charge on any atom is -0.418 e. The Bertz CT molecular complexity index is 1290. The molecule has 0 saturated heterocycles. The van der Waals surface area contributed by atoms with Crippen molar-refractivity contribution in [1.29, 1.82) is 0 Å². The smallest absolute Gasteiger partial charge is 0.418 e. The summed E-state index contributed by atoms with van der Waals surface area (Å²) in [4.78, 5) is 0. The molecular weight excluding hydrogens is 427 g/mol. The van der Waals surface area contributed by atoms with Crippen LogP contribution < -0.4 is 0 Å². The van der Waals surface area contributed by atoms with Crippen LogP contribution in [0.4, 0.5) is 17.3 Å². The van der Waals surface area contributed by atoms with Crippen molar-refractivity contribution in [3.8, 4) is 33.8 Å². The van der Waals surface area contributed by atoms with Crippen molar-refractivity contribution < 1.29 is 21.7 Å². The van der Waals surface area contributed by atoms with Crippen LogP contribution in [-0.2, 0) is 0 Å². The second-order valence-corrected chi connectivity index (χ2v) is 7.36. The lowest BCUT2D eigenvalue weighted by Crippen LogP contribution is -2.02. The van der Waals surface area contributed by atoms with E-state index in [4.69, 9.17) is 4.42 Å². The molecule has 0 atom stereocenters. The average Bonchev–Trinajstić information content (AvgIpc) is 2.83. The van der Waals surface area contributed by atoms with Gasteiger partial charge >= 0.3 is 18.8 Å². The summed E-state index contributed by atoms with van der Waals surface area (Å²) in [6.07, 6.45) is 0. The van der Waals surface area contributed by atoms with E-state index >= 15 is 0 Å². The molecule has 0 N–H and O–H groups in total. The Kier molecular flexibility index (Phi) is 6.54. The van der Waals surface area contributed by atoms with Gasteiger partial charge in [-0.15, -0.1) is 0 Å². The Labute approximate surface area is 189 Å². The maximum absolute atomic E-state index is 9.75. The maximum atomic E-state index is 9.75. The Hall–Kier alpha value is -3.93. The first kappa shape index (κ1) is 22.3. The first-order valence-electron chi connectivity index (χ1n) is 10.3. The van der Waals surface area contributed by atoms with Crippen LogP contribution in [0.15, 0.2) is 120 Å². The van der Waals surface area contributed by atoms with Gasteiger partial charge in [-0.05, 0) is 40.6 Å². The van der Waals surface area contributed by atoms with Crippen molar-refractivity contribution in [3.05, 3.63) is 115 Å². The van der Waals surface area contributed by atoms with Crippen LogP contribution in [0.25, 0.3) is 44.5 Å². The van der Waals surface area contributed by atoms with E-state index in [2.05, 4.69) is 91.0 Å². The van der Waals surface area contributed by atoms with Crippen LogP contribution in [-0.4, -0.2) is 7.25 Å². The molecule has 1 aromatic heterocycles. The molecular formula is C27H19BF4O. The molecule has 0 aliphatic heterocycles. The van der Waals surface area contributed by atoms with E-state index in [0.29, 0.717) is 0 Å². The lowest BCUT2D eigenvalue weighted by Gasteiger charge is -2.03. The topological polar surface area (TPSA) is 11.3 Å². The van der Waals surface area contributed by atoms with Gasteiger partial charge < -0.3 is 17.3 Å². The number of fused-ring (bicyclic) bond motifs is 1. The molecule has 0 fully saturated rings. The molecule has 6 heteroatoms. The van der Waals surface area contributed by atoms with E-state index < -0.39 is 7.25 Å². The molecule has 33 heavy (non-hydrogen) atoms. The van der Waals surface area contributed by atoms with Crippen molar-refractivity contribution >= 4 is 18.0 Å². The van der Waals surface area contributed by atoms with E-state index in [1.807, 2.05) is 24.3 Å². The van der Waals surface area contributed by atoms with Crippen LogP contribution in [0, 0.1) is 0 Å². The number of halogens is 4. The highest BCUT2D eigenvalue weighted by atomic mass is 19.5. The molecule has 0 spiro atoms. The van der Waals surface area contributed by atoms with Gasteiger partial charge in [0.05, 0.1) is 23.3 Å². The number of hydrogen-bond donors (Lipinski definition) is 0. The summed E-state index contributed by atoms with van der Waals surface area (Å²) < 4.78 is 45.4. The predicted molar refractivity (Wildman–Crippen MR) is 127 cm³/mol. The highest BCUT2D eigenvalue weighted by molar-refractivity contribution is 6.50. The third-order valence-electron chi connectivity index (χ3n) is 4.99.